The molecule has 0 saturated carbocycles. The molecule has 6 rings (SSSR count). The van der Waals surface area contributed by atoms with Gasteiger partial charge >= 0.3 is 0 Å². The lowest BCUT2D eigenvalue weighted by atomic mass is 10.0. The summed E-state index contributed by atoms with van der Waals surface area (Å²) in [6.45, 7) is 2.51. The Morgan fingerprint density at radius 1 is 0.860 bits per heavy atom. The van der Waals surface area contributed by atoms with Gasteiger partial charge in [-0.05, 0) is 104 Å². The molecule has 216 valence electrons. The molecule has 2 N–H and O–H groups in total. The standard InChI is InChI=1S/C34H31N5O3S/c1-2-41-28-19-17-25(18-20-28)38-22-8-12-30(38)33-32(29-11-6-7-21-35-29)37-34(43)39(33)26-15-13-24(14-16-26)36-31(40)23-42-27-9-4-3-5-10-27/h3-22,32-33H,2,23H2,1H3,(H,36,40)(H,37,43)/t32-,33+/m1/s1. The van der Waals surface area contributed by atoms with Gasteiger partial charge in [0.2, 0.25) is 0 Å². The molecule has 8 nitrogen and oxygen atoms in total. The van der Waals surface area contributed by atoms with Crippen molar-refractivity contribution in [1.82, 2.24) is 14.9 Å². The van der Waals surface area contributed by atoms with Crippen LogP contribution in [0.3, 0.4) is 0 Å². The van der Waals surface area contributed by atoms with E-state index in [4.69, 9.17) is 21.7 Å². The van der Waals surface area contributed by atoms with Crippen molar-refractivity contribution in [3.63, 3.8) is 0 Å². The number of anilines is 2. The summed E-state index contributed by atoms with van der Waals surface area (Å²) >= 11 is 5.92. The van der Waals surface area contributed by atoms with E-state index in [2.05, 4.69) is 37.3 Å². The smallest absolute Gasteiger partial charge is 0.262 e. The zero-order valence-electron chi connectivity index (χ0n) is 23.6. The quantitative estimate of drug-likeness (QED) is 0.181. The molecule has 2 aromatic heterocycles. The van der Waals surface area contributed by atoms with E-state index in [0.29, 0.717) is 23.2 Å². The molecule has 0 spiro atoms. The van der Waals surface area contributed by atoms with Crippen LogP contribution < -0.4 is 25.0 Å². The molecule has 0 radical (unpaired) electrons. The van der Waals surface area contributed by atoms with Gasteiger partial charge in [0, 0.05) is 35.1 Å². The van der Waals surface area contributed by atoms with Gasteiger partial charge in [-0.2, -0.15) is 0 Å². The Bertz CT molecular complexity index is 1680. The van der Waals surface area contributed by atoms with Crippen molar-refractivity contribution in [1.29, 1.82) is 0 Å². The van der Waals surface area contributed by atoms with Crippen molar-refractivity contribution in [2.45, 2.75) is 19.0 Å². The van der Waals surface area contributed by atoms with E-state index in [9.17, 15) is 4.79 Å². The maximum Gasteiger partial charge on any atom is 0.262 e. The van der Waals surface area contributed by atoms with Crippen LogP contribution in [0.4, 0.5) is 11.4 Å². The zero-order valence-corrected chi connectivity index (χ0v) is 24.4. The van der Waals surface area contributed by atoms with Crippen LogP contribution in [0.25, 0.3) is 5.69 Å². The lowest BCUT2D eigenvalue weighted by Crippen LogP contribution is -2.30. The molecular weight excluding hydrogens is 558 g/mol. The summed E-state index contributed by atoms with van der Waals surface area (Å²) in [7, 11) is 0. The third-order valence-corrected chi connectivity index (χ3v) is 7.46. The molecule has 2 atom stereocenters. The molecule has 0 aliphatic carbocycles. The van der Waals surface area contributed by atoms with Gasteiger partial charge in [0.25, 0.3) is 5.91 Å². The van der Waals surface area contributed by atoms with Crippen molar-refractivity contribution in [3.05, 3.63) is 133 Å². The lowest BCUT2D eigenvalue weighted by molar-refractivity contribution is -0.118. The third kappa shape index (κ3) is 6.22. The first-order valence-corrected chi connectivity index (χ1v) is 14.5. The molecule has 1 aliphatic rings. The van der Waals surface area contributed by atoms with E-state index in [-0.39, 0.29) is 24.6 Å². The topological polar surface area (TPSA) is 80.7 Å². The number of hydrogen-bond acceptors (Lipinski definition) is 5. The molecule has 9 heteroatoms. The molecular formula is C34H31N5O3S. The number of carbonyl (C=O) groups is 1. The number of nitrogens with zero attached hydrogens (tertiary/aromatic N) is 3. The van der Waals surface area contributed by atoms with Gasteiger partial charge in [0.15, 0.2) is 11.7 Å². The molecule has 1 amide bonds. The largest absolute Gasteiger partial charge is 0.494 e. The molecule has 0 unspecified atom stereocenters. The summed E-state index contributed by atoms with van der Waals surface area (Å²) in [5.41, 5.74) is 4.50. The maximum absolute atomic E-state index is 12.5. The Morgan fingerprint density at radius 2 is 1.58 bits per heavy atom. The van der Waals surface area contributed by atoms with Crippen LogP contribution in [-0.4, -0.2) is 33.8 Å². The number of hydrogen-bond donors (Lipinski definition) is 2. The van der Waals surface area contributed by atoms with Gasteiger partial charge in [-0.3, -0.25) is 9.78 Å². The van der Waals surface area contributed by atoms with Crippen molar-refractivity contribution < 1.29 is 14.3 Å². The molecule has 1 aliphatic heterocycles. The first-order chi connectivity index (χ1) is 21.1. The van der Waals surface area contributed by atoms with Crippen LogP contribution >= 0.6 is 12.2 Å². The van der Waals surface area contributed by atoms with Crippen LogP contribution in [-0.2, 0) is 4.79 Å². The zero-order chi connectivity index (χ0) is 29.6. The predicted octanol–water partition coefficient (Wildman–Crippen LogP) is 6.47. The summed E-state index contributed by atoms with van der Waals surface area (Å²) in [5.74, 6) is 1.23. The fourth-order valence-corrected chi connectivity index (χ4v) is 5.59. The summed E-state index contributed by atoms with van der Waals surface area (Å²) in [4.78, 5) is 19.3. The summed E-state index contributed by atoms with van der Waals surface area (Å²) in [5, 5.41) is 7.01. The Labute approximate surface area is 255 Å². The number of nitrogens with one attached hydrogen (secondary N) is 2. The third-order valence-electron chi connectivity index (χ3n) is 7.15. The Kier molecular flexibility index (Phi) is 8.33. The van der Waals surface area contributed by atoms with Crippen LogP contribution in [0.15, 0.2) is 122 Å². The minimum absolute atomic E-state index is 0.0811. The molecule has 3 heterocycles. The first kappa shape index (κ1) is 28.0. The van der Waals surface area contributed by atoms with Crippen LogP contribution in [0.1, 0.15) is 30.4 Å². The number of thiocarbonyl (C=S) groups is 1. The van der Waals surface area contributed by atoms with Crippen molar-refractivity contribution >= 4 is 34.6 Å². The minimum Gasteiger partial charge on any atom is -0.494 e. The number of carbonyl (C=O) groups excluding carboxylic acids is 1. The number of benzene rings is 3. The summed E-state index contributed by atoms with van der Waals surface area (Å²) in [6, 6.07) is 34.6. The Hall–Kier alpha value is -5.15. The fourth-order valence-electron chi connectivity index (χ4n) is 5.24. The average Bonchev–Trinajstić information content (AvgIpc) is 3.66. The molecule has 3 aromatic carbocycles. The highest BCUT2D eigenvalue weighted by Crippen LogP contribution is 2.42. The van der Waals surface area contributed by atoms with Crippen molar-refractivity contribution in [2.24, 2.45) is 0 Å². The number of pyridine rings is 1. The monoisotopic (exact) mass is 589 g/mol. The highest BCUT2D eigenvalue weighted by Gasteiger charge is 2.42. The Morgan fingerprint density at radius 3 is 2.30 bits per heavy atom. The SMILES string of the molecule is CCOc1ccc(-n2cccc2[C@H]2[C@@H](c3ccccn3)NC(=S)N2c2ccc(NC(=O)COc3ccccc3)cc2)cc1. The number of para-hydroxylation sites is 1. The first-order valence-electron chi connectivity index (χ1n) is 14.1. The van der Waals surface area contributed by atoms with Crippen LogP contribution in [0.5, 0.6) is 11.5 Å². The highest BCUT2D eigenvalue weighted by atomic mass is 32.1. The molecule has 0 bridgehead atoms. The van der Waals surface area contributed by atoms with Gasteiger partial charge < -0.3 is 29.6 Å². The number of rotatable bonds is 10. The van der Waals surface area contributed by atoms with E-state index in [1.807, 2.05) is 110 Å². The maximum atomic E-state index is 12.5. The normalized spacial score (nSPS) is 16.0. The van der Waals surface area contributed by atoms with Gasteiger partial charge in [-0.1, -0.05) is 24.3 Å². The van der Waals surface area contributed by atoms with Gasteiger partial charge in [0.05, 0.1) is 18.3 Å². The molecule has 1 fully saturated rings. The molecule has 1 saturated heterocycles. The van der Waals surface area contributed by atoms with E-state index < -0.39 is 0 Å². The number of ether oxygens (including phenoxy) is 2. The van der Waals surface area contributed by atoms with Gasteiger partial charge in [-0.25, -0.2) is 0 Å². The van der Waals surface area contributed by atoms with Crippen molar-refractivity contribution in [3.8, 4) is 17.2 Å². The van der Waals surface area contributed by atoms with Crippen molar-refractivity contribution in [2.75, 3.05) is 23.4 Å². The molecule has 43 heavy (non-hydrogen) atoms. The second kappa shape index (κ2) is 12.8. The Balaban J connectivity index is 1.28. The van der Waals surface area contributed by atoms with E-state index in [0.717, 1.165) is 28.5 Å². The predicted molar refractivity (Wildman–Crippen MR) is 172 cm³/mol. The highest BCUT2D eigenvalue weighted by molar-refractivity contribution is 7.80. The minimum atomic E-state index is -0.240. The van der Waals surface area contributed by atoms with Crippen LogP contribution in [0, 0.1) is 0 Å². The second-order valence-electron chi connectivity index (χ2n) is 9.92. The van der Waals surface area contributed by atoms with E-state index in [1.54, 1.807) is 6.20 Å². The summed E-state index contributed by atoms with van der Waals surface area (Å²) in [6.07, 6.45) is 3.85. The number of aromatic nitrogens is 2. The fraction of sp³-hybridized carbons (Fsp3) is 0.147. The van der Waals surface area contributed by atoms with Gasteiger partial charge in [0.1, 0.15) is 17.5 Å². The van der Waals surface area contributed by atoms with E-state index in [1.165, 1.54) is 0 Å². The van der Waals surface area contributed by atoms with Gasteiger partial charge in [-0.15, -0.1) is 0 Å². The summed E-state index contributed by atoms with van der Waals surface area (Å²) < 4.78 is 13.4. The lowest BCUT2D eigenvalue weighted by Gasteiger charge is -2.29. The van der Waals surface area contributed by atoms with Crippen LogP contribution in [0.2, 0.25) is 0 Å². The number of amides is 1. The second-order valence-corrected chi connectivity index (χ2v) is 10.3. The van der Waals surface area contributed by atoms with E-state index >= 15 is 0 Å². The molecule has 5 aromatic rings. The average molecular weight is 590 g/mol.